The highest BCUT2D eigenvalue weighted by atomic mass is 32.1. The maximum Gasteiger partial charge on any atom is 0.165 e. The number of thiazole rings is 1. The number of hydrogen-bond acceptors (Lipinski definition) is 5. The molecule has 0 spiro atoms. The summed E-state index contributed by atoms with van der Waals surface area (Å²) in [6.07, 6.45) is 12.0. The molecule has 0 aliphatic carbocycles. The second-order valence-electron chi connectivity index (χ2n) is 5.33. The fourth-order valence-electron chi connectivity index (χ4n) is 2.27. The van der Waals surface area contributed by atoms with E-state index in [1.807, 2.05) is 91.1 Å². The lowest BCUT2D eigenvalue weighted by Crippen LogP contribution is -2.03. The third-order valence-corrected chi connectivity index (χ3v) is 4.61. The Labute approximate surface area is 149 Å². The van der Waals surface area contributed by atoms with Gasteiger partial charge in [0.2, 0.25) is 0 Å². The summed E-state index contributed by atoms with van der Waals surface area (Å²) in [6, 6.07) is 13.6. The predicted octanol–water partition coefficient (Wildman–Crippen LogP) is 2.69. The Morgan fingerprint density at radius 2 is 1.76 bits per heavy atom. The lowest BCUT2D eigenvalue weighted by molar-refractivity contribution is 0.620. The van der Waals surface area contributed by atoms with Gasteiger partial charge in [-0.25, -0.2) is 4.98 Å². The van der Waals surface area contributed by atoms with Crippen LogP contribution in [-0.4, -0.2) is 16.9 Å². The van der Waals surface area contributed by atoms with Gasteiger partial charge in [-0.3, -0.25) is 0 Å². The van der Waals surface area contributed by atoms with Crippen LogP contribution >= 0.6 is 11.3 Å². The van der Waals surface area contributed by atoms with E-state index in [-0.39, 0.29) is 5.57 Å². The first kappa shape index (κ1) is 16.4. The second kappa shape index (κ2) is 7.44. The molecule has 0 N–H and O–H groups in total. The van der Waals surface area contributed by atoms with Crippen molar-refractivity contribution in [1.29, 1.82) is 10.5 Å². The molecule has 4 nitrogen and oxygen atoms in total. The summed E-state index contributed by atoms with van der Waals surface area (Å²) in [7, 11) is 1.97. The molecule has 0 unspecified atom stereocenters. The molecule has 0 saturated heterocycles. The maximum absolute atomic E-state index is 9.12. The number of rotatable bonds is 2. The van der Waals surface area contributed by atoms with Crippen LogP contribution in [0.2, 0.25) is 0 Å². The van der Waals surface area contributed by atoms with Crippen molar-refractivity contribution in [2.24, 2.45) is 0 Å². The van der Waals surface area contributed by atoms with Gasteiger partial charge in [-0.05, 0) is 23.8 Å². The molecule has 0 bridgehead atoms. The molecule has 2 heterocycles. The van der Waals surface area contributed by atoms with Crippen molar-refractivity contribution in [3.63, 3.8) is 0 Å². The van der Waals surface area contributed by atoms with Gasteiger partial charge in [0.05, 0.1) is 10.2 Å². The van der Waals surface area contributed by atoms with E-state index >= 15 is 0 Å². The summed E-state index contributed by atoms with van der Waals surface area (Å²) in [6.45, 7) is 0. The second-order valence-corrected chi connectivity index (χ2v) is 6.36. The Hall–Kier alpha value is -3.41. The number of nitrogens with zero attached hydrogens (tertiary/aromatic N) is 4. The lowest BCUT2D eigenvalue weighted by Gasteiger charge is -2.11. The number of allylic oxidation sites excluding steroid dienone is 4. The maximum atomic E-state index is 9.12. The molecular weight excluding hydrogens is 328 g/mol. The van der Waals surface area contributed by atoms with Crippen LogP contribution in [0, 0.1) is 22.7 Å². The smallest absolute Gasteiger partial charge is 0.165 e. The normalized spacial score (nSPS) is 13.5. The Morgan fingerprint density at radius 3 is 2.40 bits per heavy atom. The zero-order valence-corrected chi connectivity index (χ0v) is 14.4. The third-order valence-electron chi connectivity index (χ3n) is 3.57. The summed E-state index contributed by atoms with van der Waals surface area (Å²) in [5.41, 5.74) is 2.84. The van der Waals surface area contributed by atoms with Gasteiger partial charge in [0, 0.05) is 25.0 Å². The average molecular weight is 342 g/mol. The molecule has 2 aromatic rings. The van der Waals surface area contributed by atoms with Crippen molar-refractivity contribution in [1.82, 2.24) is 9.88 Å². The van der Waals surface area contributed by atoms with Crippen molar-refractivity contribution in [2.45, 2.75) is 0 Å². The molecule has 1 aromatic heterocycles. The van der Waals surface area contributed by atoms with Crippen LogP contribution in [-0.2, 0) is 0 Å². The fraction of sp³-hybridized carbons (Fsp3) is 0.0500. The predicted molar refractivity (Wildman–Crippen MR) is 100 cm³/mol. The highest BCUT2D eigenvalue weighted by Crippen LogP contribution is 2.13. The lowest BCUT2D eigenvalue weighted by atomic mass is 10.1. The van der Waals surface area contributed by atoms with Gasteiger partial charge >= 0.3 is 0 Å². The number of nitriles is 2. The summed E-state index contributed by atoms with van der Waals surface area (Å²) < 4.78 is 1.36. The van der Waals surface area contributed by atoms with E-state index in [1.54, 1.807) is 0 Å². The van der Waals surface area contributed by atoms with Gasteiger partial charge in [-0.15, -0.1) is 11.3 Å². The quantitative estimate of drug-likeness (QED) is 0.842. The Morgan fingerprint density at radius 1 is 1.08 bits per heavy atom. The van der Waals surface area contributed by atoms with Crippen LogP contribution in [0.5, 0.6) is 0 Å². The van der Waals surface area contributed by atoms with Crippen LogP contribution in [0.4, 0.5) is 0 Å². The van der Waals surface area contributed by atoms with E-state index in [0.29, 0.717) is 4.66 Å². The summed E-state index contributed by atoms with van der Waals surface area (Å²) >= 11 is 1.35. The molecule has 3 rings (SSSR count). The van der Waals surface area contributed by atoms with E-state index in [9.17, 15) is 0 Å². The van der Waals surface area contributed by atoms with E-state index in [2.05, 4.69) is 4.98 Å². The van der Waals surface area contributed by atoms with Gasteiger partial charge in [-0.2, -0.15) is 10.5 Å². The molecule has 1 aliphatic rings. The van der Waals surface area contributed by atoms with Crippen LogP contribution in [0.15, 0.2) is 66.5 Å². The SMILES string of the molecule is CN1C=CC(=C/C=c2\sc(=C(C#N)C#N)nc2-c2ccccc2)C=C1. The monoisotopic (exact) mass is 342 g/mol. The molecule has 0 atom stereocenters. The van der Waals surface area contributed by atoms with Gasteiger partial charge in [0.1, 0.15) is 16.8 Å². The molecule has 5 heteroatoms. The van der Waals surface area contributed by atoms with Crippen molar-refractivity contribution in [3.8, 4) is 23.4 Å². The largest absolute Gasteiger partial charge is 0.357 e. The van der Waals surface area contributed by atoms with Gasteiger partial charge in [0.25, 0.3) is 0 Å². The fourth-order valence-corrected chi connectivity index (χ4v) is 3.21. The van der Waals surface area contributed by atoms with Crippen LogP contribution < -0.4 is 9.20 Å². The topological polar surface area (TPSA) is 63.7 Å². The van der Waals surface area contributed by atoms with Gasteiger partial charge < -0.3 is 4.90 Å². The average Bonchev–Trinajstić information content (AvgIpc) is 3.07. The van der Waals surface area contributed by atoms with Crippen molar-refractivity contribution < 1.29 is 0 Å². The van der Waals surface area contributed by atoms with Crippen LogP contribution in [0.25, 0.3) is 22.9 Å². The number of aromatic nitrogens is 1. The Balaban J connectivity index is 2.18. The third kappa shape index (κ3) is 3.74. The molecule has 0 fully saturated rings. The summed E-state index contributed by atoms with van der Waals surface area (Å²) in [5.74, 6) is 0. The first-order chi connectivity index (χ1) is 12.2. The molecule has 0 amide bonds. The molecule has 0 radical (unpaired) electrons. The van der Waals surface area contributed by atoms with Crippen molar-refractivity contribution in [2.75, 3.05) is 7.05 Å². The van der Waals surface area contributed by atoms with E-state index < -0.39 is 0 Å². The highest BCUT2D eigenvalue weighted by molar-refractivity contribution is 7.08. The van der Waals surface area contributed by atoms with Crippen LogP contribution in [0.3, 0.4) is 0 Å². The first-order valence-electron chi connectivity index (χ1n) is 7.58. The minimum absolute atomic E-state index is 0.0357. The Bertz CT molecular complexity index is 1040. The summed E-state index contributed by atoms with van der Waals surface area (Å²) in [4.78, 5) is 6.50. The zero-order valence-electron chi connectivity index (χ0n) is 13.5. The van der Waals surface area contributed by atoms with Crippen LogP contribution in [0.1, 0.15) is 0 Å². The van der Waals surface area contributed by atoms with Crippen molar-refractivity contribution in [3.05, 3.63) is 75.7 Å². The molecule has 1 aromatic carbocycles. The van der Waals surface area contributed by atoms with E-state index in [4.69, 9.17) is 10.5 Å². The van der Waals surface area contributed by atoms with Crippen molar-refractivity contribution >= 4 is 23.0 Å². The standard InChI is InChI=1S/C20H14N4S/c1-24-11-9-15(10-12-24)7-8-18-19(16-5-3-2-4-6-16)23-20(25-18)17(13-21)14-22/h2-12H,1H3/b18-8-. The van der Waals surface area contributed by atoms with E-state index in [0.717, 1.165) is 21.4 Å². The number of benzene rings is 1. The Kier molecular flexibility index (Phi) is 4.89. The van der Waals surface area contributed by atoms with E-state index in [1.165, 1.54) is 11.3 Å². The van der Waals surface area contributed by atoms with Gasteiger partial charge in [-0.1, -0.05) is 36.4 Å². The number of hydrogen-bond donors (Lipinski definition) is 0. The highest BCUT2D eigenvalue weighted by Gasteiger charge is 2.07. The first-order valence-corrected chi connectivity index (χ1v) is 8.40. The minimum atomic E-state index is 0.0357. The molecule has 0 saturated carbocycles. The van der Waals surface area contributed by atoms with Gasteiger partial charge in [0.15, 0.2) is 5.57 Å². The molecule has 25 heavy (non-hydrogen) atoms. The molecule has 120 valence electrons. The zero-order chi connectivity index (χ0) is 17.6. The minimum Gasteiger partial charge on any atom is -0.357 e. The molecular formula is C20H14N4S. The summed E-state index contributed by atoms with van der Waals surface area (Å²) in [5, 5.41) is 18.2. The molecule has 1 aliphatic heterocycles.